The van der Waals surface area contributed by atoms with Crippen molar-refractivity contribution in [1.82, 2.24) is 5.32 Å². The van der Waals surface area contributed by atoms with E-state index in [1.807, 2.05) is 0 Å². The van der Waals surface area contributed by atoms with Crippen LogP contribution in [-0.2, 0) is 11.2 Å². The lowest BCUT2D eigenvalue weighted by Gasteiger charge is -2.17. The smallest absolute Gasteiger partial charge is 0.254 e. The third-order valence-electron chi connectivity index (χ3n) is 3.20. The molecule has 0 aliphatic rings. The third kappa shape index (κ3) is 4.53. The molecule has 0 radical (unpaired) electrons. The molecule has 2 aromatic rings. The zero-order chi connectivity index (χ0) is 17.0. The van der Waals surface area contributed by atoms with Gasteiger partial charge in [-0.2, -0.15) is 0 Å². The van der Waals surface area contributed by atoms with E-state index in [2.05, 4.69) is 21.2 Å². The Kier molecular flexibility index (Phi) is 5.74. The fourth-order valence-electron chi connectivity index (χ4n) is 2.02. The van der Waals surface area contributed by atoms with Crippen molar-refractivity contribution in [2.45, 2.75) is 12.5 Å². The number of nitrogens with one attached hydrogen (secondary N) is 1. The average molecular weight is 400 g/mol. The van der Waals surface area contributed by atoms with Crippen LogP contribution in [0.25, 0.3) is 0 Å². The van der Waals surface area contributed by atoms with Crippen LogP contribution in [0.4, 0.5) is 4.39 Å². The Labute approximate surface area is 145 Å². The summed E-state index contributed by atoms with van der Waals surface area (Å²) >= 11 is 9.28. The van der Waals surface area contributed by atoms with E-state index in [1.165, 1.54) is 24.3 Å². The van der Waals surface area contributed by atoms with Crippen LogP contribution in [0.3, 0.4) is 0 Å². The highest BCUT2D eigenvalue weighted by Crippen LogP contribution is 2.22. The Morgan fingerprint density at radius 3 is 2.61 bits per heavy atom. The molecule has 120 valence electrons. The molecule has 0 aliphatic heterocycles. The summed E-state index contributed by atoms with van der Waals surface area (Å²) in [6.07, 6.45) is 0.136. The maximum Gasteiger partial charge on any atom is 0.254 e. The first-order valence-corrected chi connectivity index (χ1v) is 7.84. The maximum absolute atomic E-state index is 13.6. The molecule has 0 heterocycles. The molecule has 0 saturated carbocycles. The SMILES string of the molecule is NC(=O)[C@@H](Cc1cc(Cl)ccc1Br)NC(=O)c1ccccc1F. The molecule has 0 saturated heterocycles. The van der Waals surface area contributed by atoms with Gasteiger partial charge in [-0.15, -0.1) is 0 Å². The summed E-state index contributed by atoms with van der Waals surface area (Å²) in [5, 5.41) is 2.94. The molecule has 7 heteroatoms. The van der Waals surface area contributed by atoms with E-state index in [0.29, 0.717) is 10.6 Å². The summed E-state index contributed by atoms with van der Waals surface area (Å²) in [5.41, 5.74) is 5.90. The fraction of sp³-hybridized carbons (Fsp3) is 0.125. The molecule has 2 amide bonds. The van der Waals surface area contributed by atoms with Gasteiger partial charge in [-0.1, -0.05) is 39.7 Å². The maximum atomic E-state index is 13.6. The third-order valence-corrected chi connectivity index (χ3v) is 4.21. The van der Waals surface area contributed by atoms with Crippen LogP contribution in [-0.4, -0.2) is 17.9 Å². The van der Waals surface area contributed by atoms with E-state index in [-0.39, 0.29) is 12.0 Å². The normalized spacial score (nSPS) is 11.8. The van der Waals surface area contributed by atoms with Gasteiger partial charge in [0.05, 0.1) is 5.56 Å². The molecule has 2 aromatic carbocycles. The topological polar surface area (TPSA) is 72.2 Å². The summed E-state index contributed by atoms with van der Waals surface area (Å²) in [6.45, 7) is 0. The number of amides is 2. The number of rotatable bonds is 5. The van der Waals surface area contributed by atoms with Gasteiger partial charge in [0, 0.05) is 15.9 Å². The van der Waals surface area contributed by atoms with Crippen molar-refractivity contribution in [3.63, 3.8) is 0 Å². The lowest BCUT2D eigenvalue weighted by Crippen LogP contribution is -2.46. The van der Waals surface area contributed by atoms with Crippen LogP contribution in [0, 0.1) is 5.82 Å². The number of carbonyl (C=O) groups is 2. The first-order chi connectivity index (χ1) is 10.9. The highest BCUT2D eigenvalue weighted by atomic mass is 79.9. The predicted molar refractivity (Wildman–Crippen MR) is 89.7 cm³/mol. The molecule has 0 aliphatic carbocycles. The molecular formula is C16H13BrClFN2O2. The number of carbonyl (C=O) groups excluding carboxylic acids is 2. The van der Waals surface area contributed by atoms with Crippen molar-refractivity contribution in [2.24, 2.45) is 5.73 Å². The van der Waals surface area contributed by atoms with Gasteiger partial charge in [0.25, 0.3) is 5.91 Å². The van der Waals surface area contributed by atoms with E-state index in [1.54, 1.807) is 18.2 Å². The highest BCUT2D eigenvalue weighted by molar-refractivity contribution is 9.10. The zero-order valence-corrected chi connectivity index (χ0v) is 14.2. The Bertz CT molecular complexity index is 755. The second-order valence-electron chi connectivity index (χ2n) is 4.85. The number of benzene rings is 2. The standard InChI is InChI=1S/C16H13BrClFN2O2/c17-12-6-5-10(18)7-9(12)8-14(15(20)22)21-16(23)11-3-1-2-4-13(11)19/h1-7,14H,8H2,(H2,20,22)(H,21,23)/t14-/m1/s1. The first-order valence-electron chi connectivity index (χ1n) is 6.67. The summed E-state index contributed by atoms with van der Waals surface area (Å²) in [4.78, 5) is 23.7. The van der Waals surface area contributed by atoms with Crippen LogP contribution < -0.4 is 11.1 Å². The molecule has 0 bridgehead atoms. The van der Waals surface area contributed by atoms with Gasteiger partial charge in [0.15, 0.2) is 0 Å². The van der Waals surface area contributed by atoms with Crippen LogP contribution in [0.1, 0.15) is 15.9 Å². The van der Waals surface area contributed by atoms with Crippen LogP contribution in [0.2, 0.25) is 5.02 Å². The molecule has 23 heavy (non-hydrogen) atoms. The van der Waals surface area contributed by atoms with Gasteiger partial charge in [0.2, 0.25) is 5.91 Å². The summed E-state index contributed by atoms with van der Waals surface area (Å²) in [5.74, 6) is -2.09. The molecule has 2 rings (SSSR count). The molecule has 0 aromatic heterocycles. The quantitative estimate of drug-likeness (QED) is 0.811. The Hall–Kier alpha value is -1.92. The molecular weight excluding hydrogens is 387 g/mol. The number of halogens is 3. The largest absolute Gasteiger partial charge is 0.368 e. The molecule has 0 fully saturated rings. The van der Waals surface area contributed by atoms with Crippen LogP contribution >= 0.6 is 27.5 Å². The molecule has 1 atom stereocenters. The number of primary amides is 1. The lowest BCUT2D eigenvalue weighted by molar-refractivity contribution is -0.119. The lowest BCUT2D eigenvalue weighted by atomic mass is 10.0. The van der Waals surface area contributed by atoms with Gasteiger partial charge in [-0.3, -0.25) is 9.59 Å². The summed E-state index contributed by atoms with van der Waals surface area (Å²) < 4.78 is 14.4. The van der Waals surface area contributed by atoms with Gasteiger partial charge in [0.1, 0.15) is 11.9 Å². The minimum atomic E-state index is -0.989. The van der Waals surface area contributed by atoms with Crippen molar-refractivity contribution in [3.05, 3.63) is 68.9 Å². The Morgan fingerprint density at radius 2 is 1.96 bits per heavy atom. The van der Waals surface area contributed by atoms with Crippen molar-refractivity contribution in [1.29, 1.82) is 0 Å². The van der Waals surface area contributed by atoms with Crippen molar-refractivity contribution in [3.8, 4) is 0 Å². The van der Waals surface area contributed by atoms with E-state index in [9.17, 15) is 14.0 Å². The zero-order valence-electron chi connectivity index (χ0n) is 11.9. The fourth-order valence-corrected chi connectivity index (χ4v) is 2.63. The Morgan fingerprint density at radius 1 is 1.26 bits per heavy atom. The van der Waals surface area contributed by atoms with E-state index < -0.39 is 23.7 Å². The minimum absolute atomic E-state index is 0.136. The minimum Gasteiger partial charge on any atom is -0.368 e. The monoisotopic (exact) mass is 398 g/mol. The number of nitrogens with two attached hydrogens (primary N) is 1. The van der Waals surface area contributed by atoms with Crippen LogP contribution in [0.5, 0.6) is 0 Å². The summed E-state index contributed by atoms with van der Waals surface area (Å²) in [6, 6.07) is 9.60. The number of hydrogen-bond acceptors (Lipinski definition) is 2. The Balaban J connectivity index is 2.19. The molecule has 4 nitrogen and oxygen atoms in total. The summed E-state index contributed by atoms with van der Waals surface area (Å²) in [7, 11) is 0. The first kappa shape index (κ1) is 17.4. The van der Waals surface area contributed by atoms with E-state index >= 15 is 0 Å². The van der Waals surface area contributed by atoms with Crippen molar-refractivity contribution < 1.29 is 14.0 Å². The molecule has 0 unspecified atom stereocenters. The van der Waals surface area contributed by atoms with Gasteiger partial charge in [-0.05, 0) is 35.9 Å². The second kappa shape index (κ2) is 7.57. The molecule has 0 spiro atoms. The second-order valence-corrected chi connectivity index (χ2v) is 6.14. The highest BCUT2D eigenvalue weighted by Gasteiger charge is 2.22. The average Bonchev–Trinajstić information content (AvgIpc) is 2.50. The number of hydrogen-bond donors (Lipinski definition) is 2. The van der Waals surface area contributed by atoms with Gasteiger partial charge < -0.3 is 11.1 Å². The van der Waals surface area contributed by atoms with Gasteiger partial charge in [-0.25, -0.2) is 4.39 Å². The predicted octanol–water partition coefficient (Wildman–Crippen LogP) is 3.07. The van der Waals surface area contributed by atoms with Gasteiger partial charge >= 0.3 is 0 Å². The van der Waals surface area contributed by atoms with Crippen LogP contribution in [0.15, 0.2) is 46.9 Å². The molecule has 3 N–H and O–H groups in total. The van der Waals surface area contributed by atoms with E-state index in [0.717, 1.165) is 4.47 Å². The van der Waals surface area contributed by atoms with Crippen molar-refractivity contribution in [2.75, 3.05) is 0 Å². The van der Waals surface area contributed by atoms with Crippen molar-refractivity contribution >= 4 is 39.3 Å². The van der Waals surface area contributed by atoms with E-state index in [4.69, 9.17) is 17.3 Å².